The van der Waals surface area contributed by atoms with Crippen molar-refractivity contribution < 1.29 is 0 Å². The molecule has 0 saturated carbocycles. The van der Waals surface area contributed by atoms with Gasteiger partial charge in [-0.05, 0) is 18.6 Å². The van der Waals surface area contributed by atoms with E-state index in [0.29, 0.717) is 0 Å². The number of hydrogen-bond donors (Lipinski definition) is 2. The maximum absolute atomic E-state index is 5.46. The molecule has 2 aromatic rings. The lowest BCUT2D eigenvalue weighted by Gasteiger charge is -1.98. The van der Waals surface area contributed by atoms with Crippen LogP contribution in [0.15, 0.2) is 18.5 Å². The third-order valence-electron chi connectivity index (χ3n) is 1.76. The zero-order valence-corrected chi connectivity index (χ0v) is 7.15. The Morgan fingerprint density at radius 3 is 2.92 bits per heavy atom. The smallest absolute Gasteiger partial charge is 0.220 e. The monoisotopic (exact) mass is 175 g/mol. The minimum Gasteiger partial charge on any atom is -0.368 e. The molecule has 66 valence electrons. The molecule has 0 aliphatic heterocycles. The Morgan fingerprint density at radius 2 is 2.31 bits per heavy atom. The first-order valence-corrected chi connectivity index (χ1v) is 3.86. The predicted octanol–water partition coefficient (Wildman–Crippen LogP) is 0.757. The summed E-state index contributed by atoms with van der Waals surface area (Å²) in [6.45, 7) is 1.96. The number of H-pyrrole nitrogens is 1. The van der Waals surface area contributed by atoms with Crippen LogP contribution in [-0.2, 0) is 0 Å². The van der Waals surface area contributed by atoms with Crippen LogP contribution in [0.1, 0.15) is 5.56 Å². The van der Waals surface area contributed by atoms with Crippen LogP contribution in [0.5, 0.6) is 0 Å². The van der Waals surface area contributed by atoms with Crippen LogP contribution in [0, 0.1) is 6.92 Å². The highest BCUT2D eigenvalue weighted by Gasteiger charge is 2.04. The van der Waals surface area contributed by atoms with Crippen molar-refractivity contribution in [2.75, 3.05) is 5.73 Å². The molecule has 5 heteroatoms. The number of nitrogen functional groups attached to an aromatic ring is 1. The average Bonchev–Trinajstić information content (AvgIpc) is 2.51. The number of rotatable bonds is 1. The summed E-state index contributed by atoms with van der Waals surface area (Å²) in [7, 11) is 0. The van der Waals surface area contributed by atoms with E-state index in [-0.39, 0.29) is 5.95 Å². The molecule has 0 unspecified atom stereocenters. The zero-order chi connectivity index (χ0) is 9.26. The lowest BCUT2D eigenvalue weighted by molar-refractivity contribution is 1.08. The predicted molar refractivity (Wildman–Crippen MR) is 48.8 cm³/mol. The summed E-state index contributed by atoms with van der Waals surface area (Å²) >= 11 is 0. The second kappa shape index (κ2) is 2.85. The standard InChI is InChI=1S/C8H9N5/c1-5-4-11-13-7(5)6-2-3-10-8(9)12-6/h2-4H,1H3,(H,11,13)(H2,9,10,12). The molecule has 0 aliphatic rings. The number of aryl methyl sites for hydroxylation is 1. The van der Waals surface area contributed by atoms with Gasteiger partial charge < -0.3 is 5.73 Å². The van der Waals surface area contributed by atoms with E-state index in [1.807, 2.05) is 6.92 Å². The molecule has 2 heterocycles. The number of anilines is 1. The van der Waals surface area contributed by atoms with Gasteiger partial charge >= 0.3 is 0 Å². The van der Waals surface area contributed by atoms with E-state index >= 15 is 0 Å². The van der Waals surface area contributed by atoms with Crippen molar-refractivity contribution in [1.82, 2.24) is 20.2 Å². The van der Waals surface area contributed by atoms with E-state index in [9.17, 15) is 0 Å². The Kier molecular flexibility index (Phi) is 1.70. The van der Waals surface area contributed by atoms with Gasteiger partial charge in [0, 0.05) is 6.20 Å². The first-order chi connectivity index (χ1) is 6.27. The minimum absolute atomic E-state index is 0.270. The summed E-state index contributed by atoms with van der Waals surface area (Å²) in [5.74, 6) is 0.270. The van der Waals surface area contributed by atoms with Crippen molar-refractivity contribution in [3.8, 4) is 11.4 Å². The molecule has 0 aromatic carbocycles. The molecule has 0 radical (unpaired) electrons. The van der Waals surface area contributed by atoms with Crippen LogP contribution in [-0.4, -0.2) is 20.2 Å². The Hall–Kier alpha value is -1.91. The summed E-state index contributed by atoms with van der Waals surface area (Å²) in [5.41, 5.74) is 8.15. The van der Waals surface area contributed by atoms with Crippen LogP contribution in [0.2, 0.25) is 0 Å². The molecule has 3 N–H and O–H groups in total. The van der Waals surface area contributed by atoms with Crippen LogP contribution >= 0.6 is 0 Å². The Balaban J connectivity index is 2.53. The van der Waals surface area contributed by atoms with Crippen LogP contribution in [0.25, 0.3) is 11.4 Å². The number of aromatic amines is 1. The lowest BCUT2D eigenvalue weighted by atomic mass is 10.2. The van der Waals surface area contributed by atoms with Gasteiger partial charge in [0.1, 0.15) is 0 Å². The van der Waals surface area contributed by atoms with Gasteiger partial charge in [-0.1, -0.05) is 0 Å². The molecule has 0 amide bonds. The van der Waals surface area contributed by atoms with Crippen molar-refractivity contribution in [1.29, 1.82) is 0 Å². The van der Waals surface area contributed by atoms with E-state index in [4.69, 9.17) is 5.73 Å². The molecule has 5 nitrogen and oxygen atoms in total. The molecular formula is C8H9N5. The fourth-order valence-corrected chi connectivity index (χ4v) is 1.12. The fourth-order valence-electron chi connectivity index (χ4n) is 1.12. The van der Waals surface area contributed by atoms with Gasteiger partial charge in [0.2, 0.25) is 5.95 Å². The van der Waals surface area contributed by atoms with Crippen molar-refractivity contribution in [2.45, 2.75) is 6.92 Å². The number of nitrogens with one attached hydrogen (secondary N) is 1. The third-order valence-corrected chi connectivity index (χ3v) is 1.76. The highest BCUT2D eigenvalue weighted by atomic mass is 15.1. The molecule has 0 atom stereocenters. The van der Waals surface area contributed by atoms with Gasteiger partial charge in [0.05, 0.1) is 17.6 Å². The van der Waals surface area contributed by atoms with E-state index in [2.05, 4.69) is 20.2 Å². The maximum Gasteiger partial charge on any atom is 0.220 e. The first-order valence-electron chi connectivity index (χ1n) is 3.86. The highest BCUT2D eigenvalue weighted by Crippen LogP contribution is 2.17. The quantitative estimate of drug-likeness (QED) is 0.670. The first kappa shape index (κ1) is 7.72. The molecule has 0 saturated heterocycles. The second-order valence-electron chi connectivity index (χ2n) is 2.73. The third kappa shape index (κ3) is 1.35. The molecule has 0 spiro atoms. The maximum atomic E-state index is 5.46. The van der Waals surface area contributed by atoms with Crippen LogP contribution < -0.4 is 5.73 Å². The lowest BCUT2D eigenvalue weighted by Crippen LogP contribution is -1.95. The van der Waals surface area contributed by atoms with E-state index < -0.39 is 0 Å². The number of hydrogen-bond acceptors (Lipinski definition) is 4. The SMILES string of the molecule is Cc1cn[nH]c1-c1ccnc(N)n1. The van der Waals surface area contributed by atoms with Gasteiger partial charge in [0.15, 0.2) is 0 Å². The van der Waals surface area contributed by atoms with Gasteiger partial charge in [-0.2, -0.15) is 5.10 Å². The summed E-state index contributed by atoms with van der Waals surface area (Å²) in [4.78, 5) is 7.88. The fraction of sp³-hybridized carbons (Fsp3) is 0.125. The van der Waals surface area contributed by atoms with Crippen molar-refractivity contribution in [2.24, 2.45) is 0 Å². The highest BCUT2D eigenvalue weighted by molar-refractivity contribution is 5.58. The van der Waals surface area contributed by atoms with Gasteiger partial charge in [-0.25, -0.2) is 9.97 Å². The summed E-state index contributed by atoms with van der Waals surface area (Å²) in [5, 5.41) is 6.75. The molecule has 0 fully saturated rings. The van der Waals surface area contributed by atoms with Crippen molar-refractivity contribution >= 4 is 5.95 Å². The average molecular weight is 175 g/mol. The number of nitrogens with zero attached hydrogens (tertiary/aromatic N) is 3. The molecule has 13 heavy (non-hydrogen) atoms. The number of aromatic nitrogens is 4. The van der Waals surface area contributed by atoms with Crippen molar-refractivity contribution in [3.63, 3.8) is 0 Å². The van der Waals surface area contributed by atoms with Gasteiger partial charge in [-0.15, -0.1) is 0 Å². The molecule has 2 rings (SSSR count). The normalized spacial score (nSPS) is 10.2. The summed E-state index contributed by atoms with van der Waals surface area (Å²) < 4.78 is 0. The topological polar surface area (TPSA) is 80.5 Å². The Morgan fingerprint density at radius 1 is 1.46 bits per heavy atom. The zero-order valence-electron chi connectivity index (χ0n) is 7.15. The van der Waals surface area contributed by atoms with Crippen LogP contribution in [0.3, 0.4) is 0 Å². The minimum atomic E-state index is 0.270. The second-order valence-corrected chi connectivity index (χ2v) is 2.73. The van der Waals surface area contributed by atoms with E-state index in [1.54, 1.807) is 18.5 Å². The van der Waals surface area contributed by atoms with Crippen LogP contribution in [0.4, 0.5) is 5.95 Å². The summed E-state index contributed by atoms with van der Waals surface area (Å²) in [6.07, 6.45) is 3.37. The van der Waals surface area contributed by atoms with E-state index in [0.717, 1.165) is 17.0 Å². The Bertz CT molecular complexity index is 420. The molecule has 0 aliphatic carbocycles. The largest absolute Gasteiger partial charge is 0.368 e. The van der Waals surface area contributed by atoms with Gasteiger partial charge in [-0.3, -0.25) is 5.10 Å². The molecular weight excluding hydrogens is 166 g/mol. The molecule has 0 bridgehead atoms. The number of nitrogens with two attached hydrogens (primary N) is 1. The van der Waals surface area contributed by atoms with Gasteiger partial charge in [0.25, 0.3) is 0 Å². The van der Waals surface area contributed by atoms with E-state index in [1.165, 1.54) is 0 Å². The van der Waals surface area contributed by atoms with Crippen molar-refractivity contribution in [3.05, 3.63) is 24.0 Å². The summed E-state index contributed by atoms with van der Waals surface area (Å²) in [6, 6.07) is 1.79. The molecule has 2 aromatic heterocycles. The Labute approximate surface area is 75.0 Å².